The first-order valence-electron chi connectivity index (χ1n) is 8.55. The maximum Gasteiger partial charge on any atom is 0.260 e. The van der Waals surface area contributed by atoms with E-state index in [0.29, 0.717) is 29.9 Å². The molecule has 0 bridgehead atoms. The zero-order valence-electron chi connectivity index (χ0n) is 14.3. The van der Waals surface area contributed by atoms with E-state index >= 15 is 0 Å². The molecule has 2 N–H and O–H groups in total. The highest BCUT2D eigenvalue weighted by molar-refractivity contribution is 5.98. The maximum absolute atomic E-state index is 12.9. The molecular weight excluding hydrogens is 306 g/mol. The van der Waals surface area contributed by atoms with Crippen LogP contribution in [0.3, 0.4) is 0 Å². The number of para-hydroxylation sites is 2. The van der Waals surface area contributed by atoms with Crippen LogP contribution in [0.25, 0.3) is 0 Å². The van der Waals surface area contributed by atoms with E-state index in [1.165, 1.54) is 0 Å². The minimum Gasteiger partial charge on any atom is -0.477 e. The Balaban J connectivity index is 1.78. The van der Waals surface area contributed by atoms with E-state index in [2.05, 4.69) is 18.7 Å². The standard InChI is InChI=1S/C18H25N3O3/c1-12(2)9-20(13-7-8-13)11-17(22)21-10-16(18(19)23)24-15-6-4-3-5-14(15)21/h3-6,12-13,16H,7-11H2,1-2H3,(H2,19,23)/t16-/m0/s1. The van der Waals surface area contributed by atoms with Gasteiger partial charge in [0.25, 0.3) is 5.91 Å². The van der Waals surface area contributed by atoms with Crippen LogP contribution < -0.4 is 15.4 Å². The summed E-state index contributed by atoms with van der Waals surface area (Å²) in [4.78, 5) is 28.4. The molecule has 6 nitrogen and oxygen atoms in total. The number of carbonyl (C=O) groups excluding carboxylic acids is 2. The number of nitrogens with zero attached hydrogens (tertiary/aromatic N) is 2. The zero-order chi connectivity index (χ0) is 17.3. The van der Waals surface area contributed by atoms with Gasteiger partial charge in [0.2, 0.25) is 5.91 Å². The molecular formula is C18H25N3O3. The molecule has 1 atom stereocenters. The van der Waals surface area contributed by atoms with Crippen molar-refractivity contribution in [1.82, 2.24) is 4.90 Å². The van der Waals surface area contributed by atoms with Crippen molar-refractivity contribution in [1.29, 1.82) is 0 Å². The summed E-state index contributed by atoms with van der Waals surface area (Å²) in [5.74, 6) is 0.476. The summed E-state index contributed by atoms with van der Waals surface area (Å²) in [6.45, 7) is 5.76. The number of benzene rings is 1. The van der Waals surface area contributed by atoms with Gasteiger partial charge in [-0.15, -0.1) is 0 Å². The van der Waals surface area contributed by atoms with Crippen LogP contribution in [0.4, 0.5) is 5.69 Å². The number of hydrogen-bond acceptors (Lipinski definition) is 4. The predicted octanol–water partition coefficient (Wildman–Crippen LogP) is 1.39. The number of fused-ring (bicyclic) bond motifs is 1. The van der Waals surface area contributed by atoms with E-state index < -0.39 is 12.0 Å². The highest BCUT2D eigenvalue weighted by atomic mass is 16.5. The summed E-state index contributed by atoms with van der Waals surface area (Å²) in [6, 6.07) is 7.80. The number of primary amides is 1. The Bertz CT molecular complexity index is 628. The van der Waals surface area contributed by atoms with Gasteiger partial charge in [0.05, 0.1) is 18.8 Å². The first-order chi connectivity index (χ1) is 11.5. The van der Waals surface area contributed by atoms with Gasteiger partial charge in [-0.05, 0) is 30.9 Å². The first kappa shape index (κ1) is 16.8. The highest BCUT2D eigenvalue weighted by Crippen LogP contribution is 2.34. The third-order valence-corrected chi connectivity index (χ3v) is 4.39. The molecule has 6 heteroatoms. The summed E-state index contributed by atoms with van der Waals surface area (Å²) in [7, 11) is 0. The lowest BCUT2D eigenvalue weighted by molar-refractivity contribution is -0.125. The number of nitrogens with two attached hydrogens (primary N) is 1. The van der Waals surface area contributed by atoms with Crippen LogP contribution in [0, 0.1) is 5.92 Å². The van der Waals surface area contributed by atoms with E-state index in [9.17, 15) is 9.59 Å². The third kappa shape index (κ3) is 3.70. The molecule has 2 amide bonds. The molecule has 0 spiro atoms. The quantitative estimate of drug-likeness (QED) is 0.854. The molecule has 130 valence electrons. The molecule has 3 rings (SSSR count). The molecule has 1 aliphatic heterocycles. The van der Waals surface area contributed by atoms with Crippen LogP contribution in [0.5, 0.6) is 5.75 Å². The molecule has 1 aliphatic carbocycles. The molecule has 0 unspecified atom stereocenters. The second-order valence-corrected chi connectivity index (χ2v) is 7.04. The van der Waals surface area contributed by atoms with Crippen molar-refractivity contribution in [3.05, 3.63) is 24.3 Å². The Morgan fingerprint density at radius 1 is 1.33 bits per heavy atom. The molecule has 0 radical (unpaired) electrons. The topological polar surface area (TPSA) is 75.9 Å². The SMILES string of the molecule is CC(C)CN(CC(=O)N1C[C@@H](C(N)=O)Oc2ccccc21)C1CC1. The van der Waals surface area contributed by atoms with Crippen molar-refractivity contribution in [2.75, 3.05) is 24.5 Å². The number of ether oxygens (including phenoxy) is 1. The summed E-state index contributed by atoms with van der Waals surface area (Å²) in [5.41, 5.74) is 6.11. The molecule has 2 aliphatic rings. The second kappa shape index (κ2) is 6.81. The predicted molar refractivity (Wildman–Crippen MR) is 91.8 cm³/mol. The van der Waals surface area contributed by atoms with Crippen molar-refractivity contribution >= 4 is 17.5 Å². The van der Waals surface area contributed by atoms with Gasteiger partial charge in [-0.2, -0.15) is 0 Å². The van der Waals surface area contributed by atoms with E-state index in [1.54, 1.807) is 11.0 Å². The van der Waals surface area contributed by atoms with Crippen molar-refractivity contribution in [2.45, 2.75) is 38.8 Å². The number of anilines is 1. The number of carbonyl (C=O) groups is 2. The number of hydrogen-bond donors (Lipinski definition) is 1. The van der Waals surface area contributed by atoms with E-state index in [0.717, 1.165) is 19.4 Å². The molecule has 1 aromatic rings. The van der Waals surface area contributed by atoms with Gasteiger partial charge in [-0.3, -0.25) is 14.5 Å². The fourth-order valence-corrected chi connectivity index (χ4v) is 3.13. The average Bonchev–Trinajstić information content (AvgIpc) is 3.37. The minimum atomic E-state index is -0.802. The first-order valence-corrected chi connectivity index (χ1v) is 8.55. The van der Waals surface area contributed by atoms with Crippen molar-refractivity contribution in [2.24, 2.45) is 11.7 Å². The fraction of sp³-hybridized carbons (Fsp3) is 0.556. The molecule has 1 aromatic carbocycles. The van der Waals surface area contributed by atoms with E-state index in [-0.39, 0.29) is 12.5 Å². The summed E-state index contributed by atoms with van der Waals surface area (Å²) in [5, 5.41) is 0. The highest BCUT2D eigenvalue weighted by Gasteiger charge is 2.36. The van der Waals surface area contributed by atoms with Crippen molar-refractivity contribution in [3.63, 3.8) is 0 Å². The molecule has 1 heterocycles. The lowest BCUT2D eigenvalue weighted by atomic mass is 10.1. The summed E-state index contributed by atoms with van der Waals surface area (Å²) >= 11 is 0. The van der Waals surface area contributed by atoms with E-state index in [4.69, 9.17) is 10.5 Å². The third-order valence-electron chi connectivity index (χ3n) is 4.39. The Kier molecular flexibility index (Phi) is 4.76. The lowest BCUT2D eigenvalue weighted by Crippen LogP contribution is -2.52. The van der Waals surface area contributed by atoms with Gasteiger partial charge < -0.3 is 15.4 Å². The molecule has 1 fully saturated rings. The van der Waals surface area contributed by atoms with Crippen molar-refractivity contribution < 1.29 is 14.3 Å². The Hall–Kier alpha value is -2.08. The smallest absolute Gasteiger partial charge is 0.260 e. The Morgan fingerprint density at radius 3 is 2.67 bits per heavy atom. The van der Waals surface area contributed by atoms with E-state index in [1.807, 2.05) is 18.2 Å². The molecule has 1 saturated carbocycles. The fourth-order valence-electron chi connectivity index (χ4n) is 3.13. The van der Waals surface area contributed by atoms with Crippen molar-refractivity contribution in [3.8, 4) is 5.75 Å². The maximum atomic E-state index is 12.9. The monoisotopic (exact) mass is 331 g/mol. The van der Waals surface area contributed by atoms with Gasteiger partial charge in [0.1, 0.15) is 5.75 Å². The van der Waals surface area contributed by atoms with Gasteiger partial charge >= 0.3 is 0 Å². The van der Waals surface area contributed by atoms with Crippen LogP contribution in [-0.4, -0.2) is 48.5 Å². The lowest BCUT2D eigenvalue weighted by Gasteiger charge is -2.35. The van der Waals surface area contributed by atoms with Gasteiger partial charge in [-0.25, -0.2) is 0 Å². The van der Waals surface area contributed by atoms with Gasteiger partial charge in [0.15, 0.2) is 6.10 Å². The normalized spacial score (nSPS) is 20.0. The summed E-state index contributed by atoms with van der Waals surface area (Å²) < 4.78 is 5.62. The Morgan fingerprint density at radius 2 is 2.04 bits per heavy atom. The van der Waals surface area contributed by atoms with Crippen LogP contribution in [0.2, 0.25) is 0 Å². The van der Waals surface area contributed by atoms with Crippen LogP contribution in [0.15, 0.2) is 24.3 Å². The van der Waals surface area contributed by atoms with Crippen LogP contribution in [-0.2, 0) is 9.59 Å². The second-order valence-electron chi connectivity index (χ2n) is 7.04. The van der Waals surface area contributed by atoms with Gasteiger partial charge in [-0.1, -0.05) is 26.0 Å². The van der Waals surface area contributed by atoms with Crippen LogP contribution >= 0.6 is 0 Å². The summed E-state index contributed by atoms with van der Waals surface area (Å²) in [6.07, 6.45) is 1.51. The van der Waals surface area contributed by atoms with Crippen LogP contribution in [0.1, 0.15) is 26.7 Å². The molecule has 24 heavy (non-hydrogen) atoms. The zero-order valence-corrected chi connectivity index (χ0v) is 14.3. The largest absolute Gasteiger partial charge is 0.477 e. The molecule has 0 aromatic heterocycles. The Labute approximate surface area is 142 Å². The number of rotatable bonds is 6. The minimum absolute atomic E-state index is 0.00968. The number of amides is 2. The van der Waals surface area contributed by atoms with Gasteiger partial charge in [0, 0.05) is 12.6 Å². The average molecular weight is 331 g/mol. The molecule has 0 saturated heterocycles.